The molecule has 5 heterocycles. The van der Waals surface area contributed by atoms with Gasteiger partial charge < -0.3 is 4.90 Å². The van der Waals surface area contributed by atoms with Crippen LogP contribution in [0.15, 0.2) is 63.2 Å². The minimum Gasteiger partial charge on any atom is -0.353 e. The number of fused-ring (bicyclic) bond motifs is 1. The zero-order valence-electron chi connectivity index (χ0n) is 24.0. The number of piperidine rings is 1. The van der Waals surface area contributed by atoms with E-state index in [1.807, 2.05) is 49.4 Å². The Morgan fingerprint density at radius 1 is 1.05 bits per heavy atom. The summed E-state index contributed by atoms with van der Waals surface area (Å²) < 4.78 is 5.02. The maximum atomic E-state index is 14.0. The van der Waals surface area contributed by atoms with Crippen molar-refractivity contribution in [2.45, 2.75) is 52.5 Å². The first-order valence-corrected chi connectivity index (χ1v) is 15.3. The molecule has 0 N–H and O–H groups in total. The minimum absolute atomic E-state index is 0.207. The Balaban J connectivity index is 1.49. The van der Waals surface area contributed by atoms with Gasteiger partial charge >= 0.3 is 0 Å². The lowest BCUT2D eigenvalue weighted by Gasteiger charge is -2.37. The van der Waals surface area contributed by atoms with E-state index in [2.05, 4.69) is 11.8 Å². The van der Waals surface area contributed by atoms with Gasteiger partial charge in [0, 0.05) is 25.8 Å². The summed E-state index contributed by atoms with van der Waals surface area (Å²) in [5.41, 5.74) is 2.74. The van der Waals surface area contributed by atoms with Crippen molar-refractivity contribution >= 4 is 57.4 Å². The van der Waals surface area contributed by atoms with E-state index in [1.54, 1.807) is 30.9 Å². The summed E-state index contributed by atoms with van der Waals surface area (Å²) in [7, 11) is 1.78. The maximum Gasteiger partial charge on any atom is 0.296 e. The van der Waals surface area contributed by atoms with Crippen LogP contribution in [0.4, 0.5) is 11.5 Å². The van der Waals surface area contributed by atoms with Crippen molar-refractivity contribution in [2.75, 3.05) is 16.3 Å². The Kier molecular flexibility index (Phi) is 7.40. The van der Waals surface area contributed by atoms with Gasteiger partial charge in [-0.15, -0.1) is 0 Å². The second kappa shape index (κ2) is 11.0. The summed E-state index contributed by atoms with van der Waals surface area (Å²) in [6.45, 7) is 6.65. The molecule has 1 atom stereocenters. The summed E-state index contributed by atoms with van der Waals surface area (Å²) in [6, 6.07) is 13.3. The van der Waals surface area contributed by atoms with Gasteiger partial charge in [0.05, 0.1) is 21.8 Å². The highest BCUT2D eigenvalue weighted by molar-refractivity contribution is 8.27. The van der Waals surface area contributed by atoms with Crippen molar-refractivity contribution in [3.05, 3.63) is 91.1 Å². The monoisotopic (exact) mass is 600 g/mol. The molecule has 42 heavy (non-hydrogen) atoms. The third-order valence-corrected chi connectivity index (χ3v) is 9.47. The number of aryl methyl sites for hydroxylation is 1. The molecule has 11 heteroatoms. The third kappa shape index (κ3) is 4.60. The third-order valence-electron chi connectivity index (χ3n) is 8.17. The highest BCUT2D eigenvalue weighted by Crippen LogP contribution is 2.37. The quantitative estimate of drug-likeness (QED) is 0.236. The first-order chi connectivity index (χ1) is 20.2. The smallest absolute Gasteiger partial charge is 0.296 e. The topological polar surface area (TPSA) is 84.8 Å². The summed E-state index contributed by atoms with van der Waals surface area (Å²) >= 11 is 6.76. The average Bonchev–Trinajstić information content (AvgIpc) is 3.39. The summed E-state index contributed by atoms with van der Waals surface area (Å²) in [5, 5.41) is 0. The van der Waals surface area contributed by atoms with Crippen LogP contribution in [0.3, 0.4) is 0 Å². The maximum absolute atomic E-state index is 14.0. The number of anilines is 2. The zero-order chi connectivity index (χ0) is 29.7. The van der Waals surface area contributed by atoms with Crippen molar-refractivity contribution < 1.29 is 4.79 Å². The molecule has 2 fully saturated rings. The van der Waals surface area contributed by atoms with Gasteiger partial charge in [0.15, 0.2) is 4.32 Å². The van der Waals surface area contributed by atoms with E-state index in [0.29, 0.717) is 28.4 Å². The number of thioether (sulfide) groups is 1. The molecule has 9 nitrogen and oxygen atoms in total. The number of amides is 1. The number of benzene rings is 1. The molecule has 2 aliphatic rings. The summed E-state index contributed by atoms with van der Waals surface area (Å²) in [6.07, 6.45) is 7.48. The van der Waals surface area contributed by atoms with Crippen LogP contribution in [0.25, 0.3) is 17.4 Å². The largest absolute Gasteiger partial charge is 0.353 e. The van der Waals surface area contributed by atoms with Crippen LogP contribution in [0.5, 0.6) is 0 Å². The second-order valence-electron chi connectivity index (χ2n) is 10.8. The number of hydrogen-bond donors (Lipinski definition) is 0. The number of pyridine rings is 1. The fraction of sp³-hybridized carbons (Fsp3) is 0.323. The van der Waals surface area contributed by atoms with Crippen molar-refractivity contribution in [2.24, 2.45) is 7.05 Å². The lowest BCUT2D eigenvalue weighted by atomic mass is 9.99. The van der Waals surface area contributed by atoms with Crippen molar-refractivity contribution in [1.82, 2.24) is 18.7 Å². The van der Waals surface area contributed by atoms with Gasteiger partial charge in [-0.3, -0.25) is 28.4 Å². The molecule has 1 unspecified atom stereocenters. The number of para-hydroxylation sites is 1. The lowest BCUT2D eigenvalue weighted by molar-refractivity contribution is -0.113. The van der Waals surface area contributed by atoms with Gasteiger partial charge in [0.25, 0.3) is 17.0 Å². The van der Waals surface area contributed by atoms with Crippen LogP contribution < -0.4 is 20.9 Å². The van der Waals surface area contributed by atoms with Crippen LogP contribution in [0, 0.1) is 13.8 Å². The van der Waals surface area contributed by atoms with Crippen molar-refractivity contribution in [3.8, 4) is 5.69 Å². The number of hydrogen-bond acceptors (Lipinski definition) is 7. The molecule has 216 valence electrons. The molecule has 3 aromatic heterocycles. The molecule has 0 radical (unpaired) electrons. The van der Waals surface area contributed by atoms with Gasteiger partial charge in [-0.25, -0.2) is 9.67 Å². The van der Waals surface area contributed by atoms with E-state index in [9.17, 15) is 14.4 Å². The molecule has 6 rings (SSSR count). The van der Waals surface area contributed by atoms with Crippen LogP contribution in [-0.2, 0) is 11.8 Å². The first-order valence-electron chi connectivity index (χ1n) is 14.1. The van der Waals surface area contributed by atoms with Gasteiger partial charge in [-0.2, -0.15) is 0 Å². The number of carbonyl (C=O) groups excluding carboxylic acids is 1. The Labute approximate surface area is 253 Å². The van der Waals surface area contributed by atoms with Gasteiger partial charge in [0.2, 0.25) is 0 Å². The molecule has 0 saturated carbocycles. The second-order valence-corrected chi connectivity index (χ2v) is 12.4. The molecule has 0 spiro atoms. The lowest BCUT2D eigenvalue weighted by Crippen LogP contribution is -2.41. The fourth-order valence-electron chi connectivity index (χ4n) is 5.90. The number of aromatic nitrogens is 4. The zero-order valence-corrected chi connectivity index (χ0v) is 25.7. The standard InChI is InChI=1S/C31H32N6O3S2/c1-5-21-11-9-10-16-34(21)27-23(28(38)35-18-19(2)14-15-25(35)32-27)17-24-29(39)36(31(41)42-24)26-20(3)33(4)37(30(26)40)22-12-7-6-8-13-22/h6-8,12-15,17-18,21H,5,9-11,16H2,1-4H3. The molecule has 1 amide bonds. The van der Waals surface area contributed by atoms with Gasteiger partial charge in [-0.1, -0.05) is 55.2 Å². The Morgan fingerprint density at radius 2 is 1.81 bits per heavy atom. The predicted octanol–water partition coefficient (Wildman–Crippen LogP) is 4.98. The Bertz CT molecular complexity index is 1890. The van der Waals surface area contributed by atoms with E-state index in [1.165, 1.54) is 14.0 Å². The average molecular weight is 601 g/mol. The molecule has 4 aromatic rings. The number of rotatable bonds is 5. The van der Waals surface area contributed by atoms with Crippen LogP contribution >= 0.6 is 24.0 Å². The Morgan fingerprint density at radius 3 is 2.55 bits per heavy atom. The molecule has 2 aliphatic heterocycles. The molecular formula is C31H32N6O3S2. The molecule has 0 aliphatic carbocycles. The predicted molar refractivity (Wildman–Crippen MR) is 173 cm³/mol. The van der Waals surface area contributed by atoms with Gasteiger partial charge in [0.1, 0.15) is 17.2 Å². The molecule has 1 aromatic carbocycles. The van der Waals surface area contributed by atoms with E-state index >= 15 is 0 Å². The summed E-state index contributed by atoms with van der Waals surface area (Å²) in [4.78, 5) is 50.4. The Hall–Kier alpha value is -3.96. The normalized spacial score (nSPS) is 18.6. The van der Waals surface area contributed by atoms with E-state index in [-0.39, 0.29) is 32.1 Å². The number of carbonyl (C=O) groups is 1. The van der Waals surface area contributed by atoms with Gasteiger partial charge in [-0.05, 0) is 69.4 Å². The van der Waals surface area contributed by atoms with Crippen LogP contribution in [0.2, 0.25) is 0 Å². The molecular weight excluding hydrogens is 569 g/mol. The number of thiocarbonyl (C=S) groups is 1. The highest BCUT2D eigenvalue weighted by atomic mass is 32.2. The molecule has 0 bridgehead atoms. The van der Waals surface area contributed by atoms with Crippen LogP contribution in [-0.4, -0.2) is 41.6 Å². The van der Waals surface area contributed by atoms with Crippen LogP contribution in [0.1, 0.15) is 49.4 Å². The summed E-state index contributed by atoms with van der Waals surface area (Å²) in [5.74, 6) is 0.157. The van der Waals surface area contributed by atoms with Crippen molar-refractivity contribution in [3.63, 3.8) is 0 Å². The van der Waals surface area contributed by atoms with E-state index < -0.39 is 5.91 Å². The highest BCUT2D eigenvalue weighted by Gasteiger charge is 2.38. The van der Waals surface area contributed by atoms with E-state index in [0.717, 1.165) is 49.6 Å². The minimum atomic E-state index is -0.429. The first kappa shape index (κ1) is 28.2. The number of nitrogens with zero attached hydrogens (tertiary/aromatic N) is 6. The van der Waals surface area contributed by atoms with Crippen molar-refractivity contribution in [1.29, 1.82) is 0 Å². The molecule has 2 saturated heterocycles. The fourth-order valence-corrected chi connectivity index (χ4v) is 7.15. The van der Waals surface area contributed by atoms with E-state index in [4.69, 9.17) is 17.2 Å². The SMILES string of the molecule is CCC1CCCCN1c1nc2ccc(C)cn2c(=O)c1C=C1SC(=S)N(c2c(C)n(C)n(-c3ccccc3)c2=O)C1=O.